The maximum Gasteiger partial charge on any atom is 0.0491 e. The van der Waals surface area contributed by atoms with Crippen molar-refractivity contribution in [3.8, 4) is 0 Å². The molecule has 0 aliphatic heterocycles. The summed E-state index contributed by atoms with van der Waals surface area (Å²) in [5.41, 5.74) is 5.54. The zero-order chi connectivity index (χ0) is 15.1. The Morgan fingerprint density at radius 1 is 1.09 bits per heavy atom. The molecule has 0 N–H and O–H groups in total. The normalized spacial score (nSPS) is 14.5. The van der Waals surface area contributed by atoms with Crippen LogP contribution in [0.4, 0.5) is 0 Å². The standard InChI is InChI=1S/C21H19N/c1-3-4-7-15-10-11-18-19-13-16-8-5-6-9-17(16)14-21(19)22(2)20(18)12-15/h3-9,12-14H,1,10-11H2,2H3/b7-4-. The van der Waals surface area contributed by atoms with Gasteiger partial charge in [0.1, 0.15) is 0 Å². The molecule has 2 aromatic carbocycles. The van der Waals surface area contributed by atoms with Crippen molar-refractivity contribution in [3.05, 3.63) is 78.0 Å². The van der Waals surface area contributed by atoms with Crippen LogP contribution in [0.25, 0.3) is 27.8 Å². The molecule has 1 aliphatic rings. The minimum atomic E-state index is 1.10. The topological polar surface area (TPSA) is 4.93 Å². The fraction of sp³-hybridized carbons (Fsp3) is 0.143. The Morgan fingerprint density at radius 2 is 1.86 bits per heavy atom. The van der Waals surface area contributed by atoms with Gasteiger partial charge in [-0.1, -0.05) is 49.1 Å². The number of aromatic nitrogens is 1. The van der Waals surface area contributed by atoms with Crippen molar-refractivity contribution < 1.29 is 0 Å². The van der Waals surface area contributed by atoms with E-state index >= 15 is 0 Å². The third-order valence-corrected chi connectivity index (χ3v) is 4.65. The van der Waals surface area contributed by atoms with Crippen molar-refractivity contribution in [1.29, 1.82) is 0 Å². The Hall–Kier alpha value is -2.54. The third kappa shape index (κ3) is 1.93. The van der Waals surface area contributed by atoms with Crippen LogP contribution < -0.4 is 0 Å². The lowest BCUT2D eigenvalue weighted by atomic mass is 9.94. The molecule has 0 atom stereocenters. The molecule has 3 aromatic rings. The molecule has 108 valence electrons. The molecular weight excluding hydrogens is 266 g/mol. The van der Waals surface area contributed by atoms with Crippen LogP contribution >= 0.6 is 0 Å². The summed E-state index contributed by atoms with van der Waals surface area (Å²) in [4.78, 5) is 0. The van der Waals surface area contributed by atoms with Gasteiger partial charge in [-0.3, -0.25) is 0 Å². The zero-order valence-electron chi connectivity index (χ0n) is 12.8. The Balaban J connectivity index is 1.99. The number of aryl methyl sites for hydroxylation is 2. The lowest BCUT2D eigenvalue weighted by Crippen LogP contribution is -2.00. The van der Waals surface area contributed by atoms with Crippen molar-refractivity contribution in [2.75, 3.05) is 0 Å². The van der Waals surface area contributed by atoms with Crippen molar-refractivity contribution in [2.24, 2.45) is 7.05 Å². The van der Waals surface area contributed by atoms with Gasteiger partial charge in [-0.2, -0.15) is 0 Å². The van der Waals surface area contributed by atoms with E-state index < -0.39 is 0 Å². The molecule has 0 spiro atoms. The summed E-state index contributed by atoms with van der Waals surface area (Å²) in [5.74, 6) is 0. The summed E-state index contributed by atoms with van der Waals surface area (Å²) in [6.07, 6.45) is 10.6. The molecule has 0 fully saturated rings. The Bertz CT molecular complexity index is 951. The van der Waals surface area contributed by atoms with Crippen LogP contribution in [0.1, 0.15) is 17.7 Å². The van der Waals surface area contributed by atoms with E-state index in [9.17, 15) is 0 Å². The van der Waals surface area contributed by atoms with E-state index in [1.54, 1.807) is 0 Å². The minimum Gasteiger partial charge on any atom is -0.344 e. The SMILES string of the molecule is C=C/C=C\C1=Cc2c(c3cc4ccccc4cc3n2C)CC1. The smallest absolute Gasteiger partial charge is 0.0491 e. The average Bonchev–Trinajstić information content (AvgIpc) is 2.83. The van der Waals surface area contributed by atoms with E-state index in [1.165, 1.54) is 38.5 Å². The maximum atomic E-state index is 3.75. The number of fused-ring (bicyclic) bond motifs is 4. The molecule has 22 heavy (non-hydrogen) atoms. The molecule has 4 rings (SSSR count). The summed E-state index contributed by atoms with van der Waals surface area (Å²) in [5, 5.41) is 4.03. The Morgan fingerprint density at radius 3 is 2.64 bits per heavy atom. The molecule has 0 unspecified atom stereocenters. The second-order valence-corrected chi connectivity index (χ2v) is 5.95. The highest BCUT2D eigenvalue weighted by molar-refractivity contribution is 6.00. The first-order valence-corrected chi connectivity index (χ1v) is 7.77. The second-order valence-electron chi connectivity index (χ2n) is 5.95. The third-order valence-electron chi connectivity index (χ3n) is 4.65. The van der Waals surface area contributed by atoms with Gasteiger partial charge in [-0.15, -0.1) is 0 Å². The number of hydrogen-bond donors (Lipinski definition) is 0. The quantitative estimate of drug-likeness (QED) is 0.555. The Kier molecular flexibility index (Phi) is 3.00. The summed E-state index contributed by atoms with van der Waals surface area (Å²) >= 11 is 0. The molecule has 1 aromatic heterocycles. The van der Waals surface area contributed by atoms with E-state index in [0.29, 0.717) is 0 Å². The van der Waals surface area contributed by atoms with Gasteiger partial charge in [-0.05, 0) is 53.0 Å². The molecule has 0 saturated heterocycles. The summed E-state index contributed by atoms with van der Waals surface area (Å²) in [6, 6.07) is 13.3. The van der Waals surface area contributed by atoms with E-state index in [4.69, 9.17) is 0 Å². The average molecular weight is 285 g/mol. The molecule has 1 heterocycles. The zero-order valence-corrected chi connectivity index (χ0v) is 12.8. The predicted molar refractivity (Wildman–Crippen MR) is 96.1 cm³/mol. The molecular formula is C21H19N. The fourth-order valence-electron chi connectivity index (χ4n) is 3.50. The van der Waals surface area contributed by atoms with Gasteiger partial charge in [0.05, 0.1) is 0 Å². The summed E-state index contributed by atoms with van der Waals surface area (Å²) in [7, 11) is 2.17. The van der Waals surface area contributed by atoms with Crippen LogP contribution in [-0.4, -0.2) is 4.57 Å². The summed E-state index contributed by atoms with van der Waals surface area (Å²) < 4.78 is 2.33. The number of nitrogens with zero attached hydrogens (tertiary/aromatic N) is 1. The lowest BCUT2D eigenvalue weighted by molar-refractivity contribution is 0.893. The summed E-state index contributed by atoms with van der Waals surface area (Å²) in [6.45, 7) is 3.75. The van der Waals surface area contributed by atoms with E-state index in [-0.39, 0.29) is 0 Å². The Labute approximate surface area is 130 Å². The minimum absolute atomic E-state index is 1.10. The fourth-order valence-corrected chi connectivity index (χ4v) is 3.50. The highest BCUT2D eigenvalue weighted by atomic mass is 14.9. The van der Waals surface area contributed by atoms with Crippen LogP contribution in [0.5, 0.6) is 0 Å². The van der Waals surface area contributed by atoms with Crippen molar-refractivity contribution in [3.63, 3.8) is 0 Å². The first-order valence-electron chi connectivity index (χ1n) is 7.77. The lowest BCUT2D eigenvalue weighted by Gasteiger charge is -2.12. The first kappa shape index (κ1) is 13.1. The maximum absolute atomic E-state index is 3.75. The van der Waals surface area contributed by atoms with Gasteiger partial charge in [0.2, 0.25) is 0 Å². The molecule has 1 heteroatoms. The highest BCUT2D eigenvalue weighted by Gasteiger charge is 2.18. The molecule has 0 radical (unpaired) electrons. The molecule has 1 aliphatic carbocycles. The van der Waals surface area contributed by atoms with Gasteiger partial charge in [-0.25, -0.2) is 0 Å². The van der Waals surface area contributed by atoms with E-state index in [0.717, 1.165) is 12.8 Å². The highest BCUT2D eigenvalue weighted by Crippen LogP contribution is 2.35. The van der Waals surface area contributed by atoms with Crippen molar-refractivity contribution >= 4 is 27.8 Å². The predicted octanol–water partition coefficient (Wildman–Crippen LogP) is 5.40. The van der Waals surface area contributed by atoms with Gasteiger partial charge in [0, 0.05) is 23.6 Å². The number of hydrogen-bond acceptors (Lipinski definition) is 0. The van der Waals surface area contributed by atoms with Crippen LogP contribution in [0.2, 0.25) is 0 Å². The number of benzene rings is 2. The van der Waals surface area contributed by atoms with Crippen LogP contribution in [0, 0.1) is 0 Å². The molecule has 0 bridgehead atoms. The van der Waals surface area contributed by atoms with Crippen molar-refractivity contribution in [1.82, 2.24) is 4.57 Å². The van der Waals surface area contributed by atoms with Gasteiger partial charge < -0.3 is 4.57 Å². The van der Waals surface area contributed by atoms with E-state index in [1.807, 2.05) is 12.2 Å². The van der Waals surface area contributed by atoms with Crippen LogP contribution in [0.15, 0.2) is 66.8 Å². The first-order chi connectivity index (χ1) is 10.8. The molecule has 0 amide bonds. The van der Waals surface area contributed by atoms with E-state index in [2.05, 4.69) is 66.7 Å². The van der Waals surface area contributed by atoms with Crippen LogP contribution in [-0.2, 0) is 13.5 Å². The van der Waals surface area contributed by atoms with Crippen molar-refractivity contribution in [2.45, 2.75) is 12.8 Å². The monoisotopic (exact) mass is 285 g/mol. The molecule has 0 saturated carbocycles. The molecule has 1 nitrogen and oxygen atoms in total. The number of allylic oxidation sites excluding steroid dienone is 4. The van der Waals surface area contributed by atoms with Gasteiger partial charge >= 0.3 is 0 Å². The van der Waals surface area contributed by atoms with Gasteiger partial charge in [0.25, 0.3) is 0 Å². The van der Waals surface area contributed by atoms with Crippen LogP contribution in [0.3, 0.4) is 0 Å². The second kappa shape index (κ2) is 5.03. The number of rotatable bonds is 2. The van der Waals surface area contributed by atoms with Gasteiger partial charge in [0.15, 0.2) is 0 Å². The largest absolute Gasteiger partial charge is 0.344 e.